The second kappa shape index (κ2) is 4.20. The van der Waals surface area contributed by atoms with E-state index in [1.807, 2.05) is 0 Å². The number of halogens is 1. The number of aromatic nitrogens is 1. The third-order valence-electron chi connectivity index (χ3n) is 1.56. The average Bonchev–Trinajstić information content (AvgIpc) is 2.08. The minimum Gasteiger partial charge on any atom is -0.480 e. The number of pyridine rings is 1. The normalized spacial score (nSPS) is 12.5. The minimum absolute atomic E-state index is 0.263. The van der Waals surface area contributed by atoms with Gasteiger partial charge in [0.05, 0.1) is 0 Å². The molecule has 0 spiro atoms. The lowest BCUT2D eigenvalue weighted by Crippen LogP contribution is -2.32. The predicted octanol–water partition coefficient (Wildman–Crippen LogP) is 0.689. The highest BCUT2D eigenvalue weighted by atomic mass is 35.5. The molecule has 5 heteroatoms. The molecule has 0 radical (unpaired) electrons. The molecular formula is C8H9ClN2O2. The van der Waals surface area contributed by atoms with Crippen LogP contribution in [0, 0.1) is 0 Å². The molecular weight excluding hydrogens is 192 g/mol. The van der Waals surface area contributed by atoms with Gasteiger partial charge < -0.3 is 10.8 Å². The first kappa shape index (κ1) is 9.95. The third kappa shape index (κ3) is 3.01. The van der Waals surface area contributed by atoms with E-state index in [9.17, 15) is 4.79 Å². The molecule has 1 atom stereocenters. The van der Waals surface area contributed by atoms with Crippen LogP contribution in [0.15, 0.2) is 18.3 Å². The van der Waals surface area contributed by atoms with E-state index in [0.717, 1.165) is 5.56 Å². The van der Waals surface area contributed by atoms with E-state index >= 15 is 0 Å². The van der Waals surface area contributed by atoms with Crippen LogP contribution in [-0.2, 0) is 11.2 Å². The van der Waals surface area contributed by atoms with E-state index in [-0.39, 0.29) is 6.42 Å². The second-order valence-corrected chi connectivity index (χ2v) is 3.03. The first-order valence-corrected chi connectivity index (χ1v) is 4.06. The molecule has 0 saturated carbocycles. The van der Waals surface area contributed by atoms with Crippen molar-refractivity contribution in [2.75, 3.05) is 0 Å². The molecule has 0 fully saturated rings. The SMILES string of the molecule is NC(Cc1ccc(Cl)nc1)C(=O)O. The van der Waals surface area contributed by atoms with Crippen LogP contribution in [0.5, 0.6) is 0 Å². The van der Waals surface area contributed by atoms with Crippen molar-refractivity contribution in [3.05, 3.63) is 29.0 Å². The number of nitrogens with two attached hydrogens (primary N) is 1. The average molecular weight is 201 g/mol. The van der Waals surface area contributed by atoms with E-state index in [0.29, 0.717) is 5.15 Å². The summed E-state index contributed by atoms with van der Waals surface area (Å²) < 4.78 is 0. The number of rotatable bonds is 3. The Morgan fingerprint density at radius 3 is 2.85 bits per heavy atom. The van der Waals surface area contributed by atoms with Gasteiger partial charge in [-0.3, -0.25) is 4.79 Å². The first-order valence-electron chi connectivity index (χ1n) is 3.68. The van der Waals surface area contributed by atoms with Gasteiger partial charge in [0.25, 0.3) is 0 Å². The Morgan fingerprint density at radius 2 is 2.38 bits per heavy atom. The van der Waals surface area contributed by atoms with Gasteiger partial charge in [-0.15, -0.1) is 0 Å². The maximum absolute atomic E-state index is 10.4. The molecule has 70 valence electrons. The minimum atomic E-state index is -1.02. The summed E-state index contributed by atoms with van der Waals surface area (Å²) in [6, 6.07) is 2.42. The number of carboxylic acid groups (broad SMARTS) is 1. The summed E-state index contributed by atoms with van der Waals surface area (Å²) in [5.74, 6) is -1.02. The van der Waals surface area contributed by atoms with Crippen LogP contribution in [0.2, 0.25) is 5.15 Å². The van der Waals surface area contributed by atoms with Gasteiger partial charge in [-0.25, -0.2) is 4.98 Å². The van der Waals surface area contributed by atoms with Gasteiger partial charge in [-0.2, -0.15) is 0 Å². The summed E-state index contributed by atoms with van der Waals surface area (Å²) in [7, 11) is 0. The quantitative estimate of drug-likeness (QED) is 0.704. The van der Waals surface area contributed by atoms with Crippen molar-refractivity contribution < 1.29 is 9.90 Å². The van der Waals surface area contributed by atoms with Crippen LogP contribution in [0.25, 0.3) is 0 Å². The molecule has 0 aliphatic rings. The predicted molar refractivity (Wildman–Crippen MR) is 48.6 cm³/mol. The van der Waals surface area contributed by atoms with Gasteiger partial charge in [0.1, 0.15) is 11.2 Å². The zero-order valence-electron chi connectivity index (χ0n) is 6.77. The van der Waals surface area contributed by atoms with E-state index in [1.54, 1.807) is 12.1 Å². The summed E-state index contributed by atoms with van der Waals surface area (Å²) in [6.07, 6.45) is 1.78. The van der Waals surface area contributed by atoms with Crippen molar-refractivity contribution in [3.8, 4) is 0 Å². The molecule has 0 aliphatic heterocycles. The molecule has 1 heterocycles. The van der Waals surface area contributed by atoms with Crippen LogP contribution in [0.4, 0.5) is 0 Å². The molecule has 1 unspecified atom stereocenters. The van der Waals surface area contributed by atoms with Gasteiger partial charge in [-0.1, -0.05) is 17.7 Å². The van der Waals surface area contributed by atoms with Gasteiger partial charge in [0.2, 0.25) is 0 Å². The van der Waals surface area contributed by atoms with Crippen molar-refractivity contribution in [1.29, 1.82) is 0 Å². The highest BCUT2D eigenvalue weighted by Crippen LogP contribution is 2.06. The van der Waals surface area contributed by atoms with E-state index < -0.39 is 12.0 Å². The Morgan fingerprint density at radius 1 is 1.69 bits per heavy atom. The topological polar surface area (TPSA) is 76.2 Å². The van der Waals surface area contributed by atoms with Crippen LogP contribution < -0.4 is 5.73 Å². The Kier molecular flexibility index (Phi) is 3.22. The van der Waals surface area contributed by atoms with E-state index in [2.05, 4.69) is 4.98 Å². The largest absolute Gasteiger partial charge is 0.480 e. The van der Waals surface area contributed by atoms with E-state index in [1.165, 1.54) is 6.20 Å². The number of aliphatic carboxylic acids is 1. The van der Waals surface area contributed by atoms with Crippen molar-refractivity contribution in [2.45, 2.75) is 12.5 Å². The Labute approximate surface area is 80.3 Å². The van der Waals surface area contributed by atoms with Gasteiger partial charge in [0.15, 0.2) is 0 Å². The highest BCUT2D eigenvalue weighted by Gasteiger charge is 2.11. The fourth-order valence-electron chi connectivity index (χ4n) is 0.868. The summed E-state index contributed by atoms with van der Waals surface area (Å²) in [5, 5.41) is 8.91. The summed E-state index contributed by atoms with van der Waals surface area (Å²) in [6.45, 7) is 0. The van der Waals surface area contributed by atoms with Crippen LogP contribution in [-0.4, -0.2) is 22.1 Å². The number of carboxylic acids is 1. The molecule has 1 rings (SSSR count). The number of hydrogen-bond donors (Lipinski definition) is 2. The maximum Gasteiger partial charge on any atom is 0.320 e. The Balaban J connectivity index is 2.64. The summed E-state index contributed by atoms with van der Waals surface area (Å²) in [5.41, 5.74) is 6.09. The van der Waals surface area contributed by atoms with Crippen molar-refractivity contribution in [2.24, 2.45) is 5.73 Å². The van der Waals surface area contributed by atoms with Crippen molar-refractivity contribution >= 4 is 17.6 Å². The zero-order chi connectivity index (χ0) is 9.84. The van der Waals surface area contributed by atoms with Crippen molar-refractivity contribution in [1.82, 2.24) is 4.98 Å². The fourth-order valence-corrected chi connectivity index (χ4v) is 0.980. The Hall–Kier alpha value is -1.13. The molecule has 0 aromatic carbocycles. The Bertz CT molecular complexity index is 300. The monoisotopic (exact) mass is 200 g/mol. The first-order chi connectivity index (χ1) is 6.09. The lowest BCUT2D eigenvalue weighted by atomic mass is 10.1. The van der Waals surface area contributed by atoms with E-state index in [4.69, 9.17) is 22.4 Å². The van der Waals surface area contributed by atoms with Crippen molar-refractivity contribution in [3.63, 3.8) is 0 Å². The summed E-state index contributed by atoms with van der Waals surface area (Å²) in [4.78, 5) is 14.2. The van der Waals surface area contributed by atoms with Crippen LogP contribution in [0.1, 0.15) is 5.56 Å². The molecule has 0 bridgehead atoms. The van der Waals surface area contributed by atoms with Crippen LogP contribution >= 0.6 is 11.6 Å². The molecule has 0 amide bonds. The second-order valence-electron chi connectivity index (χ2n) is 2.64. The van der Waals surface area contributed by atoms with Gasteiger partial charge >= 0.3 is 5.97 Å². The smallest absolute Gasteiger partial charge is 0.320 e. The van der Waals surface area contributed by atoms with Crippen LogP contribution in [0.3, 0.4) is 0 Å². The molecule has 1 aromatic heterocycles. The molecule has 13 heavy (non-hydrogen) atoms. The fraction of sp³-hybridized carbons (Fsp3) is 0.250. The molecule has 4 nitrogen and oxygen atoms in total. The van der Waals surface area contributed by atoms with Gasteiger partial charge in [-0.05, 0) is 18.1 Å². The number of nitrogens with zero attached hydrogens (tertiary/aromatic N) is 1. The third-order valence-corrected chi connectivity index (χ3v) is 1.79. The molecule has 3 N–H and O–H groups in total. The lowest BCUT2D eigenvalue weighted by molar-refractivity contribution is -0.138. The molecule has 0 aliphatic carbocycles. The molecule has 0 saturated heterocycles. The zero-order valence-corrected chi connectivity index (χ0v) is 7.53. The number of carbonyl (C=O) groups is 1. The number of hydrogen-bond acceptors (Lipinski definition) is 3. The lowest BCUT2D eigenvalue weighted by Gasteiger charge is -2.05. The maximum atomic E-state index is 10.4. The summed E-state index contributed by atoms with van der Waals surface area (Å²) >= 11 is 5.55. The molecule has 1 aromatic rings. The standard InChI is InChI=1S/C8H9ClN2O2/c9-7-2-1-5(4-11-7)3-6(10)8(12)13/h1-2,4,6H,3,10H2,(H,12,13). The highest BCUT2D eigenvalue weighted by molar-refractivity contribution is 6.29. The van der Waals surface area contributed by atoms with Gasteiger partial charge in [0, 0.05) is 6.20 Å².